The number of halogens is 2. The molecule has 0 amide bonds. The molecule has 1 aromatic heterocycles. The van der Waals surface area contributed by atoms with Crippen LogP contribution in [0.15, 0.2) is 6.07 Å². The van der Waals surface area contributed by atoms with Gasteiger partial charge in [-0.05, 0) is 0 Å². The molecule has 1 aliphatic heterocycles. The van der Waals surface area contributed by atoms with E-state index < -0.39 is 0 Å². The van der Waals surface area contributed by atoms with Gasteiger partial charge in [0.25, 0.3) is 0 Å². The van der Waals surface area contributed by atoms with Gasteiger partial charge < -0.3 is 14.8 Å². The molecule has 1 aromatic rings. The van der Waals surface area contributed by atoms with E-state index in [1.807, 2.05) is 0 Å². The summed E-state index contributed by atoms with van der Waals surface area (Å²) in [5.74, 6) is 0. The number of hydrogen-bond acceptors (Lipinski definition) is 5. The zero-order chi connectivity index (χ0) is 12.3. The Morgan fingerprint density at radius 2 is 2.35 bits per heavy atom. The van der Waals surface area contributed by atoms with Crippen LogP contribution in [0.3, 0.4) is 0 Å². The van der Waals surface area contributed by atoms with Crippen molar-refractivity contribution in [1.82, 2.24) is 10.2 Å². The van der Waals surface area contributed by atoms with Gasteiger partial charge in [0, 0.05) is 32.7 Å². The molecule has 0 bridgehead atoms. The summed E-state index contributed by atoms with van der Waals surface area (Å²) in [6.45, 7) is 1.87. The number of nitrogens with zero attached hydrogens (tertiary/aromatic N) is 2. The van der Waals surface area contributed by atoms with Crippen LogP contribution in [0.5, 0.6) is 0 Å². The maximum absolute atomic E-state index is 5.90. The van der Waals surface area contributed by atoms with Crippen LogP contribution in [0.4, 0.5) is 5.69 Å². The second-order valence-corrected chi connectivity index (χ2v) is 4.66. The maximum Gasteiger partial charge on any atom is 0.174 e. The van der Waals surface area contributed by atoms with Gasteiger partial charge in [0.15, 0.2) is 10.3 Å². The molecule has 1 atom stereocenters. The minimum absolute atomic E-state index is 0.291. The maximum atomic E-state index is 5.90. The van der Waals surface area contributed by atoms with E-state index in [2.05, 4.69) is 15.5 Å². The van der Waals surface area contributed by atoms with E-state index in [1.165, 1.54) is 0 Å². The average molecular weight is 278 g/mol. The third-order valence-electron chi connectivity index (χ3n) is 2.82. The number of methoxy groups -OCH3 is 1. The summed E-state index contributed by atoms with van der Waals surface area (Å²) in [5.41, 5.74) is 0.342. The van der Waals surface area contributed by atoms with Gasteiger partial charge in [0.1, 0.15) is 5.60 Å². The Balaban J connectivity index is 2.03. The summed E-state index contributed by atoms with van der Waals surface area (Å²) in [4.78, 5) is 0. The lowest BCUT2D eigenvalue weighted by Gasteiger charge is -2.26. The SMILES string of the molecule is COC1(CNc2cc(Cl)nnc2Cl)CCOC1. The van der Waals surface area contributed by atoms with Crippen LogP contribution in [-0.2, 0) is 9.47 Å². The molecule has 0 aliphatic carbocycles. The second-order valence-electron chi connectivity index (χ2n) is 3.91. The fourth-order valence-corrected chi connectivity index (χ4v) is 2.00. The highest BCUT2D eigenvalue weighted by Crippen LogP contribution is 2.26. The molecule has 0 spiro atoms. The van der Waals surface area contributed by atoms with Crippen LogP contribution < -0.4 is 5.32 Å². The van der Waals surface area contributed by atoms with Crippen molar-refractivity contribution in [2.45, 2.75) is 12.0 Å². The normalized spacial score (nSPS) is 23.9. The van der Waals surface area contributed by atoms with E-state index in [9.17, 15) is 0 Å². The van der Waals surface area contributed by atoms with Crippen LogP contribution in [0, 0.1) is 0 Å². The van der Waals surface area contributed by atoms with Gasteiger partial charge in [-0.25, -0.2) is 0 Å². The van der Waals surface area contributed by atoms with Gasteiger partial charge in [-0.3, -0.25) is 0 Å². The van der Waals surface area contributed by atoms with Crippen molar-refractivity contribution in [3.05, 3.63) is 16.4 Å². The van der Waals surface area contributed by atoms with Crippen molar-refractivity contribution < 1.29 is 9.47 Å². The number of rotatable bonds is 4. The molecule has 2 heterocycles. The van der Waals surface area contributed by atoms with Crippen LogP contribution >= 0.6 is 23.2 Å². The Hall–Kier alpha value is -0.620. The quantitative estimate of drug-likeness (QED) is 0.912. The average Bonchev–Trinajstić information content (AvgIpc) is 2.80. The standard InChI is InChI=1S/C10H13Cl2N3O2/c1-16-10(2-3-17-6-10)5-13-7-4-8(11)14-15-9(7)12/h4H,2-3,5-6H2,1H3,(H,13,14). The van der Waals surface area contributed by atoms with Crippen molar-refractivity contribution in [3.63, 3.8) is 0 Å². The monoisotopic (exact) mass is 277 g/mol. The summed E-state index contributed by atoms with van der Waals surface area (Å²) in [5, 5.41) is 11.1. The third-order valence-corrected chi connectivity index (χ3v) is 3.28. The van der Waals surface area contributed by atoms with Crippen LogP contribution in [0.2, 0.25) is 10.3 Å². The van der Waals surface area contributed by atoms with Crippen LogP contribution in [-0.4, -0.2) is 42.7 Å². The first-order valence-electron chi connectivity index (χ1n) is 5.21. The fourth-order valence-electron chi connectivity index (χ4n) is 1.69. The van der Waals surface area contributed by atoms with Crippen LogP contribution in [0.25, 0.3) is 0 Å². The molecule has 0 aromatic carbocycles. The first-order chi connectivity index (χ1) is 8.15. The lowest BCUT2D eigenvalue weighted by atomic mass is 10.0. The predicted octanol–water partition coefficient (Wildman–Crippen LogP) is 2.00. The van der Waals surface area contributed by atoms with Crippen LogP contribution in [0.1, 0.15) is 6.42 Å². The topological polar surface area (TPSA) is 56.3 Å². The van der Waals surface area contributed by atoms with Crippen molar-refractivity contribution in [3.8, 4) is 0 Å². The highest BCUT2D eigenvalue weighted by molar-refractivity contribution is 6.33. The molecule has 1 aliphatic rings. The van der Waals surface area contributed by atoms with E-state index in [4.69, 9.17) is 32.7 Å². The summed E-state index contributed by atoms with van der Waals surface area (Å²) in [7, 11) is 1.68. The number of nitrogens with one attached hydrogen (secondary N) is 1. The first-order valence-corrected chi connectivity index (χ1v) is 5.96. The van der Waals surface area contributed by atoms with Gasteiger partial charge in [-0.1, -0.05) is 23.2 Å². The number of ether oxygens (including phenoxy) is 2. The largest absolute Gasteiger partial charge is 0.379 e. The van der Waals surface area contributed by atoms with Gasteiger partial charge in [-0.15, -0.1) is 10.2 Å². The van der Waals surface area contributed by atoms with E-state index in [0.717, 1.165) is 6.42 Å². The summed E-state index contributed by atoms with van der Waals surface area (Å²) in [6.07, 6.45) is 0.848. The molecular formula is C10H13Cl2N3O2. The Bertz CT molecular complexity index is 397. The van der Waals surface area contributed by atoms with E-state index in [-0.39, 0.29) is 5.60 Å². The highest BCUT2D eigenvalue weighted by Gasteiger charge is 2.34. The minimum atomic E-state index is -0.306. The highest BCUT2D eigenvalue weighted by atomic mass is 35.5. The summed E-state index contributed by atoms with van der Waals surface area (Å²) >= 11 is 11.7. The van der Waals surface area contributed by atoms with E-state index in [1.54, 1.807) is 13.2 Å². The number of aromatic nitrogens is 2. The summed E-state index contributed by atoms with van der Waals surface area (Å²) in [6, 6.07) is 1.63. The Kier molecular flexibility index (Phi) is 4.04. The zero-order valence-electron chi connectivity index (χ0n) is 9.37. The first kappa shape index (κ1) is 12.8. The van der Waals surface area contributed by atoms with Crippen molar-refractivity contribution in [1.29, 1.82) is 0 Å². The Labute approximate surface area is 109 Å². The van der Waals surface area contributed by atoms with Gasteiger partial charge in [0.2, 0.25) is 0 Å². The molecule has 1 saturated heterocycles. The molecule has 0 saturated carbocycles. The third kappa shape index (κ3) is 2.98. The predicted molar refractivity (Wildman–Crippen MR) is 65.7 cm³/mol. The van der Waals surface area contributed by atoms with E-state index in [0.29, 0.717) is 35.8 Å². The summed E-state index contributed by atoms with van der Waals surface area (Å²) < 4.78 is 10.8. The second kappa shape index (κ2) is 5.35. The molecule has 5 nitrogen and oxygen atoms in total. The van der Waals surface area contributed by atoms with Crippen molar-refractivity contribution in [2.24, 2.45) is 0 Å². The molecule has 1 N–H and O–H groups in total. The molecule has 1 fully saturated rings. The molecular weight excluding hydrogens is 265 g/mol. The molecule has 0 radical (unpaired) electrons. The van der Waals surface area contributed by atoms with Gasteiger partial charge in [0.05, 0.1) is 12.3 Å². The number of anilines is 1. The molecule has 7 heteroatoms. The zero-order valence-corrected chi connectivity index (χ0v) is 10.9. The van der Waals surface area contributed by atoms with E-state index >= 15 is 0 Å². The Morgan fingerprint density at radius 3 is 3.00 bits per heavy atom. The lowest BCUT2D eigenvalue weighted by molar-refractivity contribution is -0.00620. The fraction of sp³-hybridized carbons (Fsp3) is 0.600. The van der Waals surface area contributed by atoms with Crippen molar-refractivity contribution in [2.75, 3.05) is 32.2 Å². The Morgan fingerprint density at radius 1 is 1.53 bits per heavy atom. The number of hydrogen-bond donors (Lipinski definition) is 1. The molecule has 17 heavy (non-hydrogen) atoms. The molecule has 94 valence electrons. The lowest BCUT2D eigenvalue weighted by Crippen LogP contribution is -2.39. The minimum Gasteiger partial charge on any atom is -0.379 e. The molecule has 2 rings (SSSR count). The van der Waals surface area contributed by atoms with Gasteiger partial charge in [-0.2, -0.15) is 0 Å². The van der Waals surface area contributed by atoms with Gasteiger partial charge >= 0.3 is 0 Å². The molecule has 1 unspecified atom stereocenters. The van der Waals surface area contributed by atoms with Crippen molar-refractivity contribution >= 4 is 28.9 Å². The smallest absolute Gasteiger partial charge is 0.174 e.